The van der Waals surface area contributed by atoms with Crippen molar-refractivity contribution < 1.29 is 0 Å². The standard InChI is InChI=1S/C19H26N2/c1-5-12-20-17-13-8-7-11-16(13)21-18-14(17)9-6-10-15(18)19(2,3)4/h6,9-10H,5,7-8,11-12H2,1-4H3,(H,20,21). The molecule has 0 amide bonds. The van der Waals surface area contributed by atoms with Gasteiger partial charge in [0.25, 0.3) is 0 Å². The van der Waals surface area contributed by atoms with Crippen molar-refractivity contribution in [3.63, 3.8) is 0 Å². The predicted octanol–water partition coefficient (Wildman–Crippen LogP) is 4.84. The average Bonchev–Trinajstić information content (AvgIpc) is 2.89. The maximum Gasteiger partial charge on any atom is 0.0763 e. The van der Waals surface area contributed by atoms with E-state index >= 15 is 0 Å². The monoisotopic (exact) mass is 282 g/mol. The van der Waals surface area contributed by atoms with Crippen LogP contribution in [0.3, 0.4) is 0 Å². The van der Waals surface area contributed by atoms with E-state index in [1.807, 2.05) is 0 Å². The largest absolute Gasteiger partial charge is 0.384 e. The molecule has 0 saturated carbocycles. The van der Waals surface area contributed by atoms with Crippen LogP contribution in [0.5, 0.6) is 0 Å². The summed E-state index contributed by atoms with van der Waals surface area (Å²) in [7, 11) is 0. The first-order valence-electron chi connectivity index (χ1n) is 8.21. The topological polar surface area (TPSA) is 24.9 Å². The summed E-state index contributed by atoms with van der Waals surface area (Å²) in [6, 6.07) is 6.65. The molecule has 0 saturated heterocycles. The molecule has 1 aromatic heterocycles. The second-order valence-corrected chi connectivity index (χ2v) is 7.14. The van der Waals surface area contributed by atoms with Gasteiger partial charge in [-0.2, -0.15) is 0 Å². The number of aryl methyl sites for hydroxylation is 1. The molecule has 2 heteroatoms. The summed E-state index contributed by atoms with van der Waals surface area (Å²) in [5, 5.41) is 4.98. The Hall–Kier alpha value is -1.57. The Morgan fingerprint density at radius 1 is 1.19 bits per heavy atom. The van der Waals surface area contributed by atoms with Gasteiger partial charge in [0.05, 0.1) is 5.52 Å². The van der Waals surface area contributed by atoms with Crippen molar-refractivity contribution in [2.75, 3.05) is 11.9 Å². The van der Waals surface area contributed by atoms with Gasteiger partial charge >= 0.3 is 0 Å². The van der Waals surface area contributed by atoms with E-state index in [1.54, 1.807) is 0 Å². The van der Waals surface area contributed by atoms with Crippen LogP contribution in [-0.2, 0) is 18.3 Å². The van der Waals surface area contributed by atoms with Gasteiger partial charge in [-0.15, -0.1) is 0 Å². The van der Waals surface area contributed by atoms with Gasteiger partial charge in [-0.3, -0.25) is 4.98 Å². The van der Waals surface area contributed by atoms with Crippen LogP contribution in [0.15, 0.2) is 18.2 Å². The molecule has 21 heavy (non-hydrogen) atoms. The Labute approximate surface area is 128 Å². The molecular weight excluding hydrogens is 256 g/mol. The summed E-state index contributed by atoms with van der Waals surface area (Å²) < 4.78 is 0. The summed E-state index contributed by atoms with van der Waals surface area (Å²) in [4.78, 5) is 5.05. The summed E-state index contributed by atoms with van der Waals surface area (Å²) in [6.45, 7) is 10.1. The number of benzene rings is 1. The summed E-state index contributed by atoms with van der Waals surface area (Å²) >= 11 is 0. The zero-order chi connectivity index (χ0) is 15.0. The highest BCUT2D eigenvalue weighted by molar-refractivity contribution is 5.96. The Balaban J connectivity index is 2.28. The van der Waals surface area contributed by atoms with Gasteiger partial charge in [-0.25, -0.2) is 0 Å². The fourth-order valence-electron chi connectivity index (χ4n) is 3.34. The molecule has 0 bridgehead atoms. The van der Waals surface area contributed by atoms with E-state index in [0.29, 0.717) is 0 Å². The SMILES string of the molecule is CCCNc1c2c(nc3c(C(C)(C)C)cccc13)CCC2. The Kier molecular flexibility index (Phi) is 3.64. The van der Waals surface area contributed by atoms with Crippen molar-refractivity contribution in [2.24, 2.45) is 0 Å². The van der Waals surface area contributed by atoms with Crippen LogP contribution in [0, 0.1) is 0 Å². The molecule has 1 aromatic carbocycles. The Bertz CT molecular complexity index is 665. The molecule has 2 nitrogen and oxygen atoms in total. The minimum Gasteiger partial charge on any atom is -0.384 e. The number of fused-ring (bicyclic) bond motifs is 2. The average molecular weight is 282 g/mol. The molecule has 0 radical (unpaired) electrons. The molecule has 112 valence electrons. The second kappa shape index (κ2) is 5.32. The van der Waals surface area contributed by atoms with Crippen molar-refractivity contribution in [1.29, 1.82) is 0 Å². The fourth-order valence-corrected chi connectivity index (χ4v) is 3.34. The third kappa shape index (κ3) is 2.52. The predicted molar refractivity (Wildman–Crippen MR) is 91.2 cm³/mol. The second-order valence-electron chi connectivity index (χ2n) is 7.14. The number of hydrogen-bond donors (Lipinski definition) is 1. The molecule has 0 spiro atoms. The van der Waals surface area contributed by atoms with E-state index in [9.17, 15) is 0 Å². The minimum atomic E-state index is 0.126. The van der Waals surface area contributed by atoms with E-state index in [4.69, 9.17) is 4.98 Å². The van der Waals surface area contributed by atoms with Gasteiger partial charge in [0.15, 0.2) is 0 Å². The Morgan fingerprint density at radius 3 is 2.71 bits per heavy atom. The molecule has 3 rings (SSSR count). The van der Waals surface area contributed by atoms with E-state index in [2.05, 4.69) is 51.2 Å². The zero-order valence-electron chi connectivity index (χ0n) is 13.7. The summed E-state index contributed by atoms with van der Waals surface area (Å²) in [5.74, 6) is 0. The lowest BCUT2D eigenvalue weighted by Crippen LogP contribution is -2.13. The van der Waals surface area contributed by atoms with E-state index < -0.39 is 0 Å². The lowest BCUT2D eigenvalue weighted by molar-refractivity contribution is 0.594. The molecule has 1 heterocycles. The third-order valence-corrected chi connectivity index (χ3v) is 4.40. The van der Waals surface area contributed by atoms with Gasteiger partial charge in [0.1, 0.15) is 0 Å². The number of anilines is 1. The lowest BCUT2D eigenvalue weighted by Gasteiger charge is -2.23. The number of hydrogen-bond acceptors (Lipinski definition) is 2. The number of aromatic nitrogens is 1. The molecule has 0 atom stereocenters. The maximum atomic E-state index is 5.05. The number of nitrogens with one attached hydrogen (secondary N) is 1. The molecule has 0 fully saturated rings. The van der Waals surface area contributed by atoms with Crippen LogP contribution < -0.4 is 5.32 Å². The quantitative estimate of drug-likeness (QED) is 0.871. The highest BCUT2D eigenvalue weighted by Crippen LogP contribution is 2.38. The van der Waals surface area contributed by atoms with Crippen molar-refractivity contribution in [3.8, 4) is 0 Å². The molecule has 1 aliphatic carbocycles. The molecule has 1 aliphatic rings. The van der Waals surface area contributed by atoms with Crippen molar-refractivity contribution in [1.82, 2.24) is 4.98 Å². The zero-order valence-corrected chi connectivity index (χ0v) is 13.7. The van der Waals surface area contributed by atoms with Crippen LogP contribution in [0.4, 0.5) is 5.69 Å². The molecule has 0 unspecified atom stereocenters. The Morgan fingerprint density at radius 2 is 2.00 bits per heavy atom. The van der Waals surface area contributed by atoms with Gasteiger partial charge < -0.3 is 5.32 Å². The van der Waals surface area contributed by atoms with Gasteiger partial charge in [0.2, 0.25) is 0 Å². The lowest BCUT2D eigenvalue weighted by atomic mass is 9.85. The smallest absolute Gasteiger partial charge is 0.0763 e. The first kappa shape index (κ1) is 14.4. The highest BCUT2D eigenvalue weighted by Gasteiger charge is 2.23. The van der Waals surface area contributed by atoms with Crippen molar-refractivity contribution in [3.05, 3.63) is 35.0 Å². The minimum absolute atomic E-state index is 0.126. The number of rotatable bonds is 3. The highest BCUT2D eigenvalue weighted by atomic mass is 14.9. The maximum absolute atomic E-state index is 5.05. The normalized spacial score (nSPS) is 14.5. The van der Waals surface area contributed by atoms with Crippen LogP contribution in [0.2, 0.25) is 0 Å². The molecular formula is C19H26N2. The van der Waals surface area contributed by atoms with Gasteiger partial charge in [0, 0.05) is 23.3 Å². The summed E-state index contributed by atoms with van der Waals surface area (Å²) in [5.41, 5.74) is 6.81. The number of pyridine rings is 1. The molecule has 1 N–H and O–H groups in total. The van der Waals surface area contributed by atoms with Crippen LogP contribution in [-0.4, -0.2) is 11.5 Å². The number of nitrogens with zero attached hydrogens (tertiary/aromatic N) is 1. The van der Waals surface area contributed by atoms with Crippen LogP contribution in [0.1, 0.15) is 57.4 Å². The van der Waals surface area contributed by atoms with Crippen LogP contribution >= 0.6 is 0 Å². The fraction of sp³-hybridized carbons (Fsp3) is 0.526. The van der Waals surface area contributed by atoms with Crippen molar-refractivity contribution >= 4 is 16.6 Å². The third-order valence-electron chi connectivity index (χ3n) is 4.40. The number of para-hydroxylation sites is 1. The first-order valence-corrected chi connectivity index (χ1v) is 8.21. The molecule has 2 aromatic rings. The van der Waals surface area contributed by atoms with E-state index in [1.165, 1.54) is 46.3 Å². The summed E-state index contributed by atoms with van der Waals surface area (Å²) in [6.07, 6.45) is 4.69. The van der Waals surface area contributed by atoms with Crippen LogP contribution in [0.25, 0.3) is 10.9 Å². The van der Waals surface area contributed by atoms with Gasteiger partial charge in [-0.1, -0.05) is 45.9 Å². The van der Waals surface area contributed by atoms with Crippen molar-refractivity contribution in [2.45, 2.75) is 58.8 Å². The first-order chi connectivity index (χ1) is 10.0. The van der Waals surface area contributed by atoms with E-state index in [-0.39, 0.29) is 5.41 Å². The van der Waals surface area contributed by atoms with Gasteiger partial charge in [-0.05, 0) is 42.2 Å². The van der Waals surface area contributed by atoms with E-state index in [0.717, 1.165) is 19.4 Å². The molecule has 0 aliphatic heterocycles.